The van der Waals surface area contributed by atoms with Gasteiger partial charge >= 0.3 is 0 Å². The zero-order valence-electron chi connectivity index (χ0n) is 25.0. The van der Waals surface area contributed by atoms with Gasteiger partial charge in [0.1, 0.15) is 0 Å². The minimum absolute atomic E-state index is 0.0658. The molecule has 0 fully saturated rings. The van der Waals surface area contributed by atoms with E-state index in [0.29, 0.717) is 6.42 Å². The van der Waals surface area contributed by atoms with Crippen molar-refractivity contribution in [1.82, 2.24) is 5.32 Å². The van der Waals surface area contributed by atoms with Crippen LogP contribution in [0, 0.1) is 0 Å². The Balaban J connectivity index is 3.58. The van der Waals surface area contributed by atoms with E-state index in [1.165, 1.54) is 128 Å². The Morgan fingerprint density at radius 1 is 0.622 bits per heavy atom. The van der Waals surface area contributed by atoms with Crippen LogP contribution in [0.25, 0.3) is 0 Å². The molecule has 220 valence electrons. The maximum absolute atomic E-state index is 12.2. The number of carbonyl (C=O) groups excluding carboxylic acids is 1. The number of unbranched alkanes of at least 4 members (excludes halogenated alkanes) is 22. The molecule has 0 aromatic carbocycles. The molecule has 0 aliphatic heterocycles. The van der Waals surface area contributed by atoms with Crippen molar-refractivity contribution in [1.29, 1.82) is 0 Å². The third kappa shape index (κ3) is 26.5. The summed E-state index contributed by atoms with van der Waals surface area (Å²) in [7, 11) is 0. The van der Waals surface area contributed by atoms with E-state index in [-0.39, 0.29) is 12.5 Å². The third-order valence-corrected chi connectivity index (χ3v) is 7.52. The molecule has 0 heterocycles. The first-order chi connectivity index (χ1) is 18.2. The van der Waals surface area contributed by atoms with E-state index >= 15 is 0 Å². The van der Waals surface area contributed by atoms with Crippen LogP contribution < -0.4 is 5.32 Å². The summed E-state index contributed by atoms with van der Waals surface area (Å²) in [5.41, 5.74) is 0. The average molecular weight is 524 g/mol. The number of amides is 1. The normalized spacial score (nSPS) is 13.3. The minimum atomic E-state index is -0.829. The largest absolute Gasteiger partial charge is 0.394 e. The zero-order chi connectivity index (χ0) is 27.2. The fourth-order valence-electron chi connectivity index (χ4n) is 4.94. The van der Waals surface area contributed by atoms with Crippen LogP contribution >= 0.6 is 0 Å². The zero-order valence-corrected chi connectivity index (χ0v) is 25.0. The molecule has 0 aliphatic carbocycles. The Labute approximate surface area is 231 Å². The average Bonchev–Trinajstić information content (AvgIpc) is 2.90. The molecule has 0 saturated heterocycles. The number of hydrogen-bond donors (Lipinski definition) is 3. The van der Waals surface area contributed by atoms with E-state index in [9.17, 15) is 15.0 Å². The number of rotatable bonds is 29. The summed E-state index contributed by atoms with van der Waals surface area (Å²) >= 11 is 0. The van der Waals surface area contributed by atoms with Crippen LogP contribution in [-0.2, 0) is 4.79 Å². The van der Waals surface area contributed by atoms with Gasteiger partial charge in [0, 0.05) is 6.42 Å². The van der Waals surface area contributed by atoms with Crippen LogP contribution in [0.2, 0.25) is 0 Å². The van der Waals surface area contributed by atoms with E-state index in [4.69, 9.17) is 0 Å². The second-order valence-electron chi connectivity index (χ2n) is 11.2. The van der Waals surface area contributed by atoms with E-state index in [0.717, 1.165) is 25.7 Å². The molecule has 0 aromatic heterocycles. The van der Waals surface area contributed by atoms with Gasteiger partial charge in [-0.3, -0.25) is 4.79 Å². The smallest absolute Gasteiger partial charge is 0.220 e. The van der Waals surface area contributed by atoms with Crippen LogP contribution in [0.3, 0.4) is 0 Å². The molecule has 4 heteroatoms. The number of aliphatic hydroxyl groups excluding tert-OH is 2. The summed E-state index contributed by atoms with van der Waals surface area (Å²) in [6.45, 7) is 4.27. The number of aliphatic hydroxyl groups is 2. The third-order valence-electron chi connectivity index (χ3n) is 7.52. The van der Waals surface area contributed by atoms with Crippen molar-refractivity contribution in [3.8, 4) is 0 Å². The molecule has 0 saturated carbocycles. The molecule has 0 spiro atoms. The van der Waals surface area contributed by atoms with Crippen molar-refractivity contribution >= 4 is 5.91 Å². The van der Waals surface area contributed by atoms with E-state index in [1.807, 2.05) is 6.08 Å². The SMILES string of the molecule is CCCCCCCCC/C=C/C(O)C(CO)NC(=O)CCCCCCCCCCCCCCCCCC. The van der Waals surface area contributed by atoms with Gasteiger partial charge in [-0.05, 0) is 19.3 Å². The summed E-state index contributed by atoms with van der Waals surface area (Å²) in [5, 5.41) is 22.7. The monoisotopic (exact) mass is 523 g/mol. The molecular formula is C33H65NO3. The first kappa shape index (κ1) is 36.1. The highest BCUT2D eigenvalue weighted by atomic mass is 16.3. The van der Waals surface area contributed by atoms with Crippen LogP contribution in [0.1, 0.15) is 174 Å². The van der Waals surface area contributed by atoms with Gasteiger partial charge in [-0.25, -0.2) is 0 Å². The van der Waals surface area contributed by atoms with Gasteiger partial charge < -0.3 is 15.5 Å². The van der Waals surface area contributed by atoms with E-state index in [2.05, 4.69) is 19.2 Å². The Morgan fingerprint density at radius 3 is 1.41 bits per heavy atom. The molecule has 37 heavy (non-hydrogen) atoms. The molecular weight excluding hydrogens is 458 g/mol. The second kappa shape index (κ2) is 29.7. The summed E-state index contributed by atoms with van der Waals surface area (Å²) < 4.78 is 0. The van der Waals surface area contributed by atoms with Gasteiger partial charge in [-0.15, -0.1) is 0 Å². The quantitative estimate of drug-likeness (QED) is 0.0676. The molecule has 4 nitrogen and oxygen atoms in total. The van der Waals surface area contributed by atoms with Gasteiger partial charge in [-0.1, -0.05) is 161 Å². The Morgan fingerprint density at radius 2 is 1.00 bits per heavy atom. The highest BCUT2D eigenvalue weighted by molar-refractivity contribution is 5.76. The van der Waals surface area contributed by atoms with Crippen LogP contribution in [-0.4, -0.2) is 34.9 Å². The Bertz CT molecular complexity index is 494. The maximum Gasteiger partial charge on any atom is 0.220 e. The number of allylic oxidation sites excluding steroid dienone is 1. The molecule has 0 rings (SSSR count). The number of nitrogens with one attached hydrogen (secondary N) is 1. The van der Waals surface area contributed by atoms with Crippen LogP contribution in [0.15, 0.2) is 12.2 Å². The van der Waals surface area contributed by atoms with Gasteiger partial charge in [-0.2, -0.15) is 0 Å². The Hall–Kier alpha value is -0.870. The topological polar surface area (TPSA) is 69.6 Å². The molecule has 2 unspecified atom stereocenters. The Kier molecular flexibility index (Phi) is 29.0. The predicted octanol–water partition coefficient (Wildman–Crippen LogP) is 9.17. The fraction of sp³-hybridized carbons (Fsp3) is 0.909. The van der Waals surface area contributed by atoms with Crippen molar-refractivity contribution in [2.24, 2.45) is 0 Å². The highest BCUT2D eigenvalue weighted by Gasteiger charge is 2.17. The highest BCUT2D eigenvalue weighted by Crippen LogP contribution is 2.14. The predicted molar refractivity (Wildman–Crippen MR) is 161 cm³/mol. The van der Waals surface area contributed by atoms with Gasteiger partial charge in [0.25, 0.3) is 0 Å². The lowest BCUT2D eigenvalue weighted by Crippen LogP contribution is -2.45. The first-order valence-corrected chi connectivity index (χ1v) is 16.4. The van der Waals surface area contributed by atoms with Crippen LogP contribution in [0.5, 0.6) is 0 Å². The molecule has 1 amide bonds. The van der Waals surface area contributed by atoms with E-state index < -0.39 is 12.1 Å². The molecule has 0 radical (unpaired) electrons. The molecule has 2 atom stereocenters. The summed E-state index contributed by atoms with van der Waals surface area (Å²) in [5.74, 6) is -0.0658. The standard InChI is InChI=1S/C33H65NO3/c1-3-5-7-9-11-13-14-15-16-17-18-19-21-23-25-27-29-33(37)34-31(30-35)32(36)28-26-24-22-20-12-10-8-6-4-2/h26,28,31-32,35-36H,3-25,27,29-30H2,1-2H3,(H,34,37)/b28-26+. The minimum Gasteiger partial charge on any atom is -0.394 e. The maximum atomic E-state index is 12.2. The van der Waals surface area contributed by atoms with E-state index in [1.54, 1.807) is 6.08 Å². The van der Waals surface area contributed by atoms with Crippen LogP contribution in [0.4, 0.5) is 0 Å². The van der Waals surface area contributed by atoms with Gasteiger partial charge in [0.15, 0.2) is 0 Å². The van der Waals surface area contributed by atoms with Gasteiger partial charge in [0.05, 0.1) is 18.8 Å². The van der Waals surface area contributed by atoms with Crippen molar-refractivity contribution < 1.29 is 15.0 Å². The van der Waals surface area contributed by atoms with Crippen molar-refractivity contribution in [3.05, 3.63) is 12.2 Å². The van der Waals surface area contributed by atoms with Gasteiger partial charge in [0.2, 0.25) is 5.91 Å². The number of carbonyl (C=O) groups is 1. The lowest BCUT2D eigenvalue weighted by atomic mass is 10.0. The molecule has 0 aromatic rings. The lowest BCUT2D eigenvalue weighted by Gasteiger charge is -2.20. The lowest BCUT2D eigenvalue weighted by molar-refractivity contribution is -0.123. The first-order valence-electron chi connectivity index (χ1n) is 16.4. The molecule has 0 bridgehead atoms. The number of hydrogen-bond acceptors (Lipinski definition) is 3. The molecule has 0 aliphatic rings. The van der Waals surface area contributed by atoms with Crippen molar-refractivity contribution in [2.75, 3.05) is 6.61 Å². The summed E-state index contributed by atoms with van der Waals surface area (Å²) in [6.07, 6.45) is 34.3. The summed E-state index contributed by atoms with van der Waals surface area (Å²) in [4.78, 5) is 12.2. The second-order valence-corrected chi connectivity index (χ2v) is 11.2. The van der Waals surface area contributed by atoms with Crippen molar-refractivity contribution in [2.45, 2.75) is 187 Å². The summed E-state index contributed by atoms with van der Waals surface area (Å²) in [6, 6.07) is -0.612. The van der Waals surface area contributed by atoms with Crippen molar-refractivity contribution in [3.63, 3.8) is 0 Å². The fourth-order valence-corrected chi connectivity index (χ4v) is 4.94. The molecule has 3 N–H and O–H groups in total.